The summed E-state index contributed by atoms with van der Waals surface area (Å²) in [6, 6.07) is 4.09. The van der Waals surface area contributed by atoms with Crippen molar-refractivity contribution in [2.45, 2.75) is 71.2 Å². The maximum absolute atomic E-state index is 13.0. The molecule has 1 N–H and O–H groups in total. The van der Waals surface area contributed by atoms with Crippen LogP contribution in [-0.4, -0.2) is 39.1 Å². The lowest BCUT2D eigenvalue weighted by Crippen LogP contribution is -2.46. The van der Waals surface area contributed by atoms with Crippen LogP contribution in [0.4, 0.5) is 18.0 Å². The Morgan fingerprint density at radius 1 is 1.27 bits per heavy atom. The maximum atomic E-state index is 13.0. The minimum Gasteiger partial charge on any atom is -0.444 e. The lowest BCUT2D eigenvalue weighted by Gasteiger charge is -2.37. The van der Waals surface area contributed by atoms with Gasteiger partial charge in [-0.2, -0.15) is 13.2 Å². The number of likely N-dealkylation sites (tertiary alicyclic amines) is 1. The van der Waals surface area contributed by atoms with Gasteiger partial charge in [0.15, 0.2) is 0 Å². The summed E-state index contributed by atoms with van der Waals surface area (Å²) in [4.78, 5) is 21.9. The molecule has 0 bridgehead atoms. The van der Waals surface area contributed by atoms with Gasteiger partial charge in [0.05, 0.1) is 17.5 Å². The number of aryl methyl sites for hydroxylation is 1. The lowest BCUT2D eigenvalue weighted by molar-refractivity contribution is -0.138. The number of halogens is 3. The molecule has 2 unspecified atom stereocenters. The number of hydrogen-bond acceptors (Lipinski definition) is 3. The highest BCUT2D eigenvalue weighted by molar-refractivity contribution is 5.68. The first-order valence-corrected chi connectivity index (χ1v) is 10.1. The van der Waals surface area contributed by atoms with Gasteiger partial charge in [0, 0.05) is 18.5 Å². The summed E-state index contributed by atoms with van der Waals surface area (Å²) in [5, 5.41) is 0. The van der Waals surface area contributed by atoms with Gasteiger partial charge in [-0.05, 0) is 70.7 Å². The molecule has 0 radical (unpaired) electrons. The fraction of sp³-hybridized carbons (Fsp3) is 0.545. The number of H-pyrrole nitrogens is 1. The molecule has 0 saturated carbocycles. The van der Waals surface area contributed by atoms with E-state index in [9.17, 15) is 18.0 Å². The zero-order valence-corrected chi connectivity index (χ0v) is 17.9. The molecule has 5 nitrogen and oxygen atoms in total. The summed E-state index contributed by atoms with van der Waals surface area (Å²) in [5.41, 5.74) is 0.357. The van der Waals surface area contributed by atoms with Gasteiger partial charge >= 0.3 is 12.3 Å². The standard InChI is InChI=1S/C22H28F3N3O2/c1-13-10-15(6-7-17(13)22(23,24)25)18-12-26-19(27-18)16-8-9-28(14(2)11-16)20(29)30-21(3,4)5/h6-7,10,12,14,16H,8-9,11H2,1-5H3,(H,26,27). The van der Waals surface area contributed by atoms with Gasteiger partial charge < -0.3 is 14.6 Å². The Morgan fingerprint density at radius 3 is 2.53 bits per heavy atom. The van der Waals surface area contributed by atoms with Crippen molar-refractivity contribution in [2.75, 3.05) is 6.54 Å². The topological polar surface area (TPSA) is 58.2 Å². The number of aromatic nitrogens is 2. The number of rotatable bonds is 2. The Morgan fingerprint density at radius 2 is 1.97 bits per heavy atom. The highest BCUT2D eigenvalue weighted by Gasteiger charge is 2.34. The van der Waals surface area contributed by atoms with E-state index in [4.69, 9.17) is 4.74 Å². The van der Waals surface area contributed by atoms with E-state index >= 15 is 0 Å². The molecule has 164 valence electrons. The molecule has 1 aliphatic rings. The third-order valence-corrected chi connectivity index (χ3v) is 5.33. The monoisotopic (exact) mass is 423 g/mol. The molecule has 1 aromatic heterocycles. The Kier molecular flexibility index (Phi) is 5.89. The molecule has 30 heavy (non-hydrogen) atoms. The first-order valence-electron chi connectivity index (χ1n) is 10.1. The number of carbonyl (C=O) groups is 1. The van der Waals surface area contributed by atoms with Crippen molar-refractivity contribution in [2.24, 2.45) is 0 Å². The number of ether oxygens (including phenoxy) is 1. The second kappa shape index (κ2) is 7.96. The van der Waals surface area contributed by atoms with Crippen LogP contribution in [0.3, 0.4) is 0 Å². The minimum absolute atomic E-state index is 0.000429. The minimum atomic E-state index is -4.36. The molecular weight excluding hydrogens is 395 g/mol. The second-order valence-electron chi connectivity index (χ2n) is 8.95. The third-order valence-electron chi connectivity index (χ3n) is 5.33. The van der Waals surface area contributed by atoms with Crippen molar-refractivity contribution in [3.8, 4) is 11.3 Å². The maximum Gasteiger partial charge on any atom is 0.416 e. The average molecular weight is 423 g/mol. The molecule has 1 amide bonds. The Balaban J connectivity index is 1.70. The van der Waals surface area contributed by atoms with E-state index in [1.54, 1.807) is 11.1 Å². The summed E-state index contributed by atoms with van der Waals surface area (Å²) in [6.45, 7) is 9.54. The number of imidazole rings is 1. The largest absolute Gasteiger partial charge is 0.444 e. The Labute approximate surface area is 174 Å². The SMILES string of the molecule is Cc1cc(-c2cnc(C3CCN(C(=O)OC(C)(C)C)C(C)C3)[nH]2)ccc1C(F)(F)F. The molecule has 1 saturated heterocycles. The van der Waals surface area contributed by atoms with Crippen LogP contribution in [0.5, 0.6) is 0 Å². The quantitative estimate of drug-likeness (QED) is 0.654. The van der Waals surface area contributed by atoms with Crippen LogP contribution in [0.25, 0.3) is 11.3 Å². The molecule has 0 aliphatic carbocycles. The number of carbonyl (C=O) groups excluding carboxylic acids is 1. The Hall–Kier alpha value is -2.51. The van der Waals surface area contributed by atoms with Gasteiger partial charge in [0.2, 0.25) is 0 Å². The molecule has 1 aromatic carbocycles. The summed E-state index contributed by atoms with van der Waals surface area (Å²) >= 11 is 0. The smallest absolute Gasteiger partial charge is 0.416 e. The fourth-order valence-electron chi connectivity index (χ4n) is 3.85. The number of hydrogen-bond donors (Lipinski definition) is 1. The van der Waals surface area contributed by atoms with E-state index in [-0.39, 0.29) is 23.6 Å². The number of aromatic amines is 1. The van der Waals surface area contributed by atoms with Crippen molar-refractivity contribution < 1.29 is 22.7 Å². The van der Waals surface area contributed by atoms with E-state index < -0.39 is 17.3 Å². The fourth-order valence-corrected chi connectivity index (χ4v) is 3.85. The normalized spacial score (nSPS) is 20.3. The van der Waals surface area contributed by atoms with Gasteiger partial charge in [-0.1, -0.05) is 6.07 Å². The predicted molar refractivity (Wildman–Crippen MR) is 108 cm³/mol. The van der Waals surface area contributed by atoms with Gasteiger partial charge in [-0.15, -0.1) is 0 Å². The van der Waals surface area contributed by atoms with E-state index in [0.717, 1.165) is 24.7 Å². The zero-order valence-electron chi connectivity index (χ0n) is 17.9. The summed E-state index contributed by atoms with van der Waals surface area (Å²) in [6.07, 6.45) is -1.54. The van der Waals surface area contributed by atoms with Crippen molar-refractivity contribution in [1.82, 2.24) is 14.9 Å². The van der Waals surface area contributed by atoms with Gasteiger partial charge in [0.1, 0.15) is 11.4 Å². The van der Waals surface area contributed by atoms with Gasteiger partial charge in [-0.3, -0.25) is 0 Å². The van der Waals surface area contributed by atoms with Crippen LogP contribution >= 0.6 is 0 Å². The van der Waals surface area contributed by atoms with E-state index in [2.05, 4.69) is 9.97 Å². The van der Waals surface area contributed by atoms with E-state index in [1.807, 2.05) is 27.7 Å². The molecule has 1 fully saturated rings. The third kappa shape index (κ3) is 4.96. The van der Waals surface area contributed by atoms with Crippen molar-refractivity contribution in [3.05, 3.63) is 41.3 Å². The number of benzene rings is 1. The van der Waals surface area contributed by atoms with Crippen LogP contribution < -0.4 is 0 Å². The molecular formula is C22H28F3N3O2. The number of amides is 1. The van der Waals surface area contributed by atoms with Crippen LogP contribution in [0.1, 0.15) is 63.4 Å². The number of piperidine rings is 1. The first-order chi connectivity index (χ1) is 13.8. The molecule has 1 aliphatic heterocycles. The van der Waals surface area contributed by atoms with E-state index in [0.29, 0.717) is 17.8 Å². The number of nitrogens with one attached hydrogen (secondary N) is 1. The Bertz CT molecular complexity index is 915. The van der Waals surface area contributed by atoms with Crippen LogP contribution in [0, 0.1) is 6.92 Å². The molecule has 2 aromatic rings. The first kappa shape index (κ1) is 22.2. The number of alkyl halides is 3. The second-order valence-corrected chi connectivity index (χ2v) is 8.95. The van der Waals surface area contributed by atoms with Crippen LogP contribution in [0.2, 0.25) is 0 Å². The van der Waals surface area contributed by atoms with Crippen LogP contribution in [0.15, 0.2) is 24.4 Å². The summed E-state index contributed by atoms with van der Waals surface area (Å²) in [7, 11) is 0. The van der Waals surface area contributed by atoms with Gasteiger partial charge in [0.25, 0.3) is 0 Å². The van der Waals surface area contributed by atoms with Gasteiger partial charge in [-0.25, -0.2) is 9.78 Å². The molecule has 2 atom stereocenters. The van der Waals surface area contributed by atoms with E-state index in [1.165, 1.54) is 19.1 Å². The highest BCUT2D eigenvalue weighted by atomic mass is 19.4. The summed E-state index contributed by atoms with van der Waals surface area (Å²) < 4.78 is 44.4. The molecule has 8 heteroatoms. The van der Waals surface area contributed by atoms with Crippen molar-refractivity contribution >= 4 is 6.09 Å². The number of nitrogens with zero attached hydrogens (tertiary/aromatic N) is 2. The molecule has 3 rings (SSSR count). The average Bonchev–Trinajstić information content (AvgIpc) is 3.09. The van der Waals surface area contributed by atoms with Crippen molar-refractivity contribution in [3.63, 3.8) is 0 Å². The zero-order chi connectivity index (χ0) is 22.3. The molecule has 2 heterocycles. The van der Waals surface area contributed by atoms with Crippen molar-refractivity contribution in [1.29, 1.82) is 0 Å². The van der Waals surface area contributed by atoms with Crippen LogP contribution in [-0.2, 0) is 10.9 Å². The highest BCUT2D eigenvalue weighted by Crippen LogP contribution is 2.35. The molecule has 0 spiro atoms. The summed E-state index contributed by atoms with van der Waals surface area (Å²) in [5.74, 6) is 0.932. The predicted octanol–water partition coefficient (Wildman–Crippen LogP) is 5.91. The lowest BCUT2D eigenvalue weighted by atomic mass is 9.91.